The van der Waals surface area contributed by atoms with Crippen molar-refractivity contribution in [3.63, 3.8) is 0 Å². The Labute approximate surface area is 137 Å². The third-order valence-electron chi connectivity index (χ3n) is 4.05. The number of aromatic hydroxyl groups is 1. The molecule has 1 aliphatic heterocycles. The van der Waals surface area contributed by atoms with Gasteiger partial charge < -0.3 is 15.7 Å². The summed E-state index contributed by atoms with van der Waals surface area (Å²) >= 11 is 0. The molecule has 3 rings (SSSR count). The van der Waals surface area contributed by atoms with Gasteiger partial charge in [-0.15, -0.1) is 0 Å². The number of carbonyl (C=O) groups excluding carboxylic acids is 2. The maximum Gasteiger partial charge on any atom is 0.276 e. The molecule has 0 saturated carbocycles. The van der Waals surface area contributed by atoms with Crippen molar-refractivity contribution in [3.05, 3.63) is 42.0 Å². The lowest BCUT2D eigenvalue weighted by Crippen LogP contribution is -2.47. The van der Waals surface area contributed by atoms with E-state index in [4.69, 9.17) is 0 Å². The Morgan fingerprint density at radius 2 is 2.17 bits per heavy atom. The van der Waals surface area contributed by atoms with E-state index in [9.17, 15) is 19.1 Å². The van der Waals surface area contributed by atoms with E-state index in [2.05, 4.69) is 15.7 Å². The van der Waals surface area contributed by atoms with E-state index in [0.29, 0.717) is 6.54 Å². The minimum atomic E-state index is -0.733. The van der Waals surface area contributed by atoms with Crippen LogP contribution in [0.25, 0.3) is 5.69 Å². The molecule has 1 unspecified atom stereocenters. The molecule has 8 heteroatoms. The normalized spacial score (nSPS) is 19.1. The van der Waals surface area contributed by atoms with Gasteiger partial charge in [0.15, 0.2) is 11.4 Å². The van der Waals surface area contributed by atoms with Crippen molar-refractivity contribution in [2.24, 2.45) is 5.41 Å². The number of nitrogens with one attached hydrogen (secondary N) is 2. The van der Waals surface area contributed by atoms with Gasteiger partial charge >= 0.3 is 0 Å². The molecule has 0 aliphatic carbocycles. The molecule has 1 aromatic carbocycles. The number of carbonyl (C=O) groups is 2. The summed E-state index contributed by atoms with van der Waals surface area (Å²) < 4.78 is 14.9. The molecule has 0 spiro atoms. The van der Waals surface area contributed by atoms with E-state index in [-0.39, 0.29) is 17.3 Å². The molecule has 2 aromatic rings. The summed E-state index contributed by atoms with van der Waals surface area (Å²) in [5.41, 5.74) is -0.629. The van der Waals surface area contributed by atoms with E-state index in [1.165, 1.54) is 18.2 Å². The first-order valence-corrected chi connectivity index (χ1v) is 7.42. The highest BCUT2D eigenvalue weighted by molar-refractivity contribution is 5.98. The Balaban J connectivity index is 1.87. The predicted octanol–water partition coefficient (Wildman–Crippen LogP) is 0.971. The highest BCUT2D eigenvalue weighted by Gasteiger charge is 2.42. The van der Waals surface area contributed by atoms with Crippen LogP contribution in [0.3, 0.4) is 0 Å². The highest BCUT2D eigenvalue weighted by atomic mass is 19.1. The Bertz CT molecular complexity index is 815. The monoisotopic (exact) mass is 332 g/mol. The number of amides is 2. The first-order chi connectivity index (χ1) is 11.3. The first-order valence-electron chi connectivity index (χ1n) is 7.42. The molecule has 1 fully saturated rings. The summed E-state index contributed by atoms with van der Waals surface area (Å²) in [6, 6.07) is 5.12. The average molecular weight is 332 g/mol. The fraction of sp³-hybridized carbons (Fsp3) is 0.312. The molecular weight excluding hydrogens is 315 g/mol. The zero-order valence-electron chi connectivity index (χ0n) is 13.2. The Morgan fingerprint density at radius 3 is 2.79 bits per heavy atom. The van der Waals surface area contributed by atoms with Gasteiger partial charge in [0.25, 0.3) is 5.91 Å². The van der Waals surface area contributed by atoms with E-state index in [1.54, 1.807) is 6.07 Å². The summed E-state index contributed by atoms with van der Waals surface area (Å²) in [6.45, 7) is 4.12. The second-order valence-corrected chi connectivity index (χ2v) is 6.37. The van der Waals surface area contributed by atoms with Crippen molar-refractivity contribution in [2.75, 3.05) is 6.54 Å². The molecular formula is C16H17FN4O3. The largest absolute Gasteiger partial charge is 0.504 e. The van der Waals surface area contributed by atoms with Crippen LogP contribution >= 0.6 is 0 Å². The number of hydrogen-bond acceptors (Lipinski definition) is 4. The van der Waals surface area contributed by atoms with Crippen molar-refractivity contribution in [1.29, 1.82) is 0 Å². The SMILES string of the molecule is CC1(C)CNC(=O)C1NC(=O)c1nn(-c2ccccc2F)cc1O. The number of nitrogens with zero attached hydrogens (tertiary/aromatic N) is 2. The summed E-state index contributed by atoms with van der Waals surface area (Å²) in [6.07, 6.45) is 1.15. The molecule has 7 nitrogen and oxygen atoms in total. The molecule has 1 aromatic heterocycles. The topological polar surface area (TPSA) is 96.3 Å². The van der Waals surface area contributed by atoms with Gasteiger partial charge in [0.1, 0.15) is 17.5 Å². The van der Waals surface area contributed by atoms with Gasteiger partial charge in [-0.1, -0.05) is 26.0 Å². The van der Waals surface area contributed by atoms with Crippen LogP contribution in [-0.4, -0.2) is 39.3 Å². The summed E-state index contributed by atoms with van der Waals surface area (Å²) in [5, 5.41) is 19.1. The van der Waals surface area contributed by atoms with Crippen LogP contribution in [0.1, 0.15) is 24.3 Å². The maximum atomic E-state index is 13.8. The molecule has 0 radical (unpaired) electrons. The standard InChI is InChI=1S/C16H17FN4O3/c1-16(2)8-18-15(24)13(16)19-14(23)12-11(22)7-21(20-12)10-6-4-3-5-9(10)17/h3-7,13,22H,8H2,1-2H3,(H,18,24)(H,19,23). The zero-order chi connectivity index (χ0) is 17.5. The van der Waals surface area contributed by atoms with Crippen LogP contribution in [0, 0.1) is 11.2 Å². The van der Waals surface area contributed by atoms with Crippen molar-refractivity contribution in [3.8, 4) is 11.4 Å². The summed E-state index contributed by atoms with van der Waals surface area (Å²) in [5.74, 6) is -1.92. The number of rotatable bonds is 3. The second-order valence-electron chi connectivity index (χ2n) is 6.37. The van der Waals surface area contributed by atoms with Gasteiger partial charge in [0, 0.05) is 12.0 Å². The molecule has 126 valence electrons. The van der Waals surface area contributed by atoms with Crippen LogP contribution < -0.4 is 10.6 Å². The second kappa shape index (κ2) is 5.63. The molecule has 1 atom stereocenters. The van der Waals surface area contributed by atoms with Crippen molar-refractivity contribution >= 4 is 11.8 Å². The zero-order valence-corrected chi connectivity index (χ0v) is 13.2. The Kier molecular flexibility index (Phi) is 3.75. The van der Waals surface area contributed by atoms with Crippen LogP contribution in [-0.2, 0) is 4.79 Å². The quantitative estimate of drug-likeness (QED) is 0.780. The van der Waals surface area contributed by atoms with Crippen LogP contribution in [0.5, 0.6) is 5.75 Å². The van der Waals surface area contributed by atoms with Gasteiger partial charge in [-0.05, 0) is 12.1 Å². The third-order valence-corrected chi connectivity index (χ3v) is 4.05. The minimum absolute atomic E-state index is 0.103. The molecule has 3 N–H and O–H groups in total. The lowest BCUT2D eigenvalue weighted by Gasteiger charge is -2.24. The molecule has 24 heavy (non-hydrogen) atoms. The number of hydrogen-bond donors (Lipinski definition) is 3. The van der Waals surface area contributed by atoms with Crippen molar-refractivity contribution < 1.29 is 19.1 Å². The Morgan fingerprint density at radius 1 is 1.46 bits per heavy atom. The Hall–Kier alpha value is -2.90. The number of benzene rings is 1. The van der Waals surface area contributed by atoms with Gasteiger partial charge in [0.05, 0.1) is 6.20 Å². The van der Waals surface area contributed by atoms with E-state index in [1.807, 2.05) is 13.8 Å². The van der Waals surface area contributed by atoms with Gasteiger partial charge in [-0.3, -0.25) is 9.59 Å². The van der Waals surface area contributed by atoms with Crippen molar-refractivity contribution in [2.45, 2.75) is 19.9 Å². The van der Waals surface area contributed by atoms with Gasteiger partial charge in [-0.2, -0.15) is 5.10 Å². The van der Waals surface area contributed by atoms with Crippen LogP contribution in [0.2, 0.25) is 0 Å². The van der Waals surface area contributed by atoms with E-state index in [0.717, 1.165) is 10.9 Å². The fourth-order valence-corrected chi connectivity index (χ4v) is 2.62. The molecule has 0 bridgehead atoms. The predicted molar refractivity (Wildman–Crippen MR) is 83.2 cm³/mol. The van der Waals surface area contributed by atoms with E-state index >= 15 is 0 Å². The summed E-state index contributed by atoms with van der Waals surface area (Å²) in [7, 11) is 0. The molecule has 1 saturated heterocycles. The lowest BCUT2D eigenvalue weighted by atomic mass is 9.87. The van der Waals surface area contributed by atoms with Crippen molar-refractivity contribution in [1.82, 2.24) is 20.4 Å². The number of halogens is 1. The number of para-hydroxylation sites is 1. The minimum Gasteiger partial charge on any atom is -0.504 e. The fourth-order valence-electron chi connectivity index (χ4n) is 2.62. The van der Waals surface area contributed by atoms with Gasteiger partial charge in [0.2, 0.25) is 5.91 Å². The smallest absolute Gasteiger partial charge is 0.276 e. The average Bonchev–Trinajstić information content (AvgIpc) is 3.02. The molecule has 2 amide bonds. The lowest BCUT2D eigenvalue weighted by molar-refractivity contribution is -0.121. The van der Waals surface area contributed by atoms with E-state index < -0.39 is 28.9 Å². The highest BCUT2D eigenvalue weighted by Crippen LogP contribution is 2.26. The van der Waals surface area contributed by atoms with Crippen LogP contribution in [0.15, 0.2) is 30.5 Å². The molecule has 1 aliphatic rings. The first kappa shape index (κ1) is 16.0. The maximum absolute atomic E-state index is 13.8. The van der Waals surface area contributed by atoms with Gasteiger partial charge in [-0.25, -0.2) is 9.07 Å². The van der Waals surface area contributed by atoms with Crippen LogP contribution in [0.4, 0.5) is 4.39 Å². The third kappa shape index (κ3) is 2.70. The summed E-state index contributed by atoms with van der Waals surface area (Å²) in [4.78, 5) is 24.2. The molecule has 2 heterocycles. The number of aromatic nitrogens is 2.